The molecule has 0 aliphatic carbocycles. The van der Waals surface area contributed by atoms with Gasteiger partial charge in [0, 0.05) is 18.5 Å². The summed E-state index contributed by atoms with van der Waals surface area (Å²) < 4.78 is 12.3. The summed E-state index contributed by atoms with van der Waals surface area (Å²) >= 11 is 0. The van der Waals surface area contributed by atoms with Crippen LogP contribution < -0.4 is 20.3 Å². The van der Waals surface area contributed by atoms with Crippen LogP contribution in [-0.4, -0.2) is 30.1 Å². The number of benzene rings is 2. The maximum Gasteiger partial charge on any atom is 0.271 e. The first kappa shape index (κ1) is 21.2. The van der Waals surface area contributed by atoms with Crippen molar-refractivity contribution < 1.29 is 19.1 Å². The van der Waals surface area contributed by atoms with E-state index in [9.17, 15) is 9.59 Å². The van der Waals surface area contributed by atoms with E-state index in [1.807, 2.05) is 47.3 Å². The highest BCUT2D eigenvalue weighted by Crippen LogP contribution is 2.28. The van der Waals surface area contributed by atoms with Crippen LogP contribution in [0.2, 0.25) is 0 Å². The van der Waals surface area contributed by atoms with Gasteiger partial charge in [-0.2, -0.15) is 5.26 Å². The van der Waals surface area contributed by atoms with Crippen LogP contribution in [0, 0.1) is 11.3 Å². The largest absolute Gasteiger partial charge is 0.493 e. The Kier molecular flexibility index (Phi) is 7.06. The fourth-order valence-electron chi connectivity index (χ4n) is 2.80. The monoisotopic (exact) mass is 416 g/mol. The van der Waals surface area contributed by atoms with Crippen molar-refractivity contribution in [2.45, 2.75) is 0 Å². The van der Waals surface area contributed by atoms with Gasteiger partial charge in [0.25, 0.3) is 11.8 Å². The third-order valence-corrected chi connectivity index (χ3v) is 4.24. The minimum atomic E-state index is -0.504. The van der Waals surface area contributed by atoms with E-state index in [2.05, 4.69) is 10.9 Å². The summed E-state index contributed by atoms with van der Waals surface area (Å²) in [5.41, 5.74) is 6.57. The molecule has 0 radical (unpaired) electrons. The predicted octanol–water partition coefficient (Wildman–Crippen LogP) is 2.86. The lowest BCUT2D eigenvalue weighted by molar-refractivity contribution is -0.117. The number of carbonyl (C=O) groups is 2. The summed E-state index contributed by atoms with van der Waals surface area (Å²) in [4.78, 5) is 24.6. The van der Waals surface area contributed by atoms with Crippen LogP contribution in [0.3, 0.4) is 0 Å². The summed E-state index contributed by atoms with van der Waals surface area (Å²) in [5.74, 6) is -0.0747. The second kappa shape index (κ2) is 10.3. The number of aromatic nitrogens is 1. The van der Waals surface area contributed by atoms with Gasteiger partial charge in [0.1, 0.15) is 6.07 Å². The first-order chi connectivity index (χ1) is 15.1. The molecule has 3 aromatic rings. The van der Waals surface area contributed by atoms with Gasteiger partial charge in [-0.25, -0.2) is 0 Å². The van der Waals surface area contributed by atoms with Crippen LogP contribution >= 0.6 is 0 Å². The molecule has 0 fully saturated rings. The highest BCUT2D eigenvalue weighted by Gasteiger charge is 2.12. The predicted molar refractivity (Wildman–Crippen MR) is 115 cm³/mol. The van der Waals surface area contributed by atoms with E-state index < -0.39 is 11.8 Å². The number of para-hydroxylation sites is 1. The number of amides is 2. The van der Waals surface area contributed by atoms with E-state index in [0.717, 1.165) is 0 Å². The van der Waals surface area contributed by atoms with E-state index in [-0.39, 0.29) is 6.61 Å². The van der Waals surface area contributed by atoms with Gasteiger partial charge in [-0.3, -0.25) is 20.4 Å². The molecule has 8 heteroatoms. The molecule has 0 aliphatic rings. The smallest absolute Gasteiger partial charge is 0.271 e. The SMILES string of the molecule is COc1cc(/C=C/C(=O)NNC(=O)c2ccccc2-n2cccc2)ccc1OCC#N. The minimum absolute atomic E-state index is 0.0961. The van der Waals surface area contributed by atoms with E-state index in [0.29, 0.717) is 28.3 Å². The molecule has 2 amide bonds. The van der Waals surface area contributed by atoms with Gasteiger partial charge in [-0.05, 0) is 48.0 Å². The van der Waals surface area contributed by atoms with E-state index in [1.165, 1.54) is 13.2 Å². The molecule has 2 N–H and O–H groups in total. The van der Waals surface area contributed by atoms with E-state index in [4.69, 9.17) is 14.7 Å². The lowest BCUT2D eigenvalue weighted by Crippen LogP contribution is -2.41. The number of rotatable bonds is 7. The van der Waals surface area contributed by atoms with Gasteiger partial charge < -0.3 is 14.0 Å². The van der Waals surface area contributed by atoms with E-state index >= 15 is 0 Å². The van der Waals surface area contributed by atoms with Gasteiger partial charge in [-0.15, -0.1) is 0 Å². The van der Waals surface area contributed by atoms with Crippen molar-refractivity contribution in [2.75, 3.05) is 13.7 Å². The fourth-order valence-corrected chi connectivity index (χ4v) is 2.80. The topological polar surface area (TPSA) is 105 Å². The molecule has 0 unspecified atom stereocenters. The number of nitrogens with one attached hydrogen (secondary N) is 2. The van der Waals surface area contributed by atoms with Crippen LogP contribution in [0.5, 0.6) is 11.5 Å². The van der Waals surface area contributed by atoms with Gasteiger partial charge in [0.15, 0.2) is 18.1 Å². The highest BCUT2D eigenvalue weighted by molar-refractivity contribution is 6.00. The third kappa shape index (κ3) is 5.52. The van der Waals surface area contributed by atoms with Crippen LogP contribution in [0.1, 0.15) is 15.9 Å². The molecular weight excluding hydrogens is 396 g/mol. The van der Waals surface area contributed by atoms with Gasteiger partial charge in [0.05, 0.1) is 18.4 Å². The second-order valence-electron chi connectivity index (χ2n) is 6.24. The number of ether oxygens (including phenoxy) is 2. The van der Waals surface area contributed by atoms with Crippen LogP contribution in [0.4, 0.5) is 0 Å². The molecule has 8 nitrogen and oxygen atoms in total. The molecule has 156 valence electrons. The van der Waals surface area contributed by atoms with Crippen molar-refractivity contribution in [3.05, 3.63) is 84.2 Å². The van der Waals surface area contributed by atoms with Crippen LogP contribution in [0.25, 0.3) is 11.8 Å². The number of nitrogens with zero attached hydrogens (tertiary/aromatic N) is 2. The molecule has 3 rings (SSSR count). The van der Waals surface area contributed by atoms with Crippen LogP contribution in [-0.2, 0) is 4.79 Å². The Labute approximate surface area is 179 Å². The van der Waals surface area contributed by atoms with Crippen molar-refractivity contribution >= 4 is 17.9 Å². The summed E-state index contributed by atoms with van der Waals surface area (Å²) in [6, 6.07) is 17.7. The van der Waals surface area contributed by atoms with E-state index in [1.54, 1.807) is 36.4 Å². The molecule has 0 bridgehead atoms. The molecule has 1 aromatic heterocycles. The standard InChI is InChI=1S/C23H20N4O4/c1-30-21-16-17(8-10-20(21)31-15-12-24)9-11-22(28)25-26-23(29)18-6-2-3-7-19(18)27-13-4-5-14-27/h2-11,13-14,16H,15H2,1H3,(H,25,28)(H,26,29)/b11-9+. The van der Waals surface area contributed by atoms with Gasteiger partial charge in [0.2, 0.25) is 0 Å². The summed E-state index contributed by atoms with van der Waals surface area (Å²) in [6.45, 7) is -0.0961. The maximum absolute atomic E-state index is 12.5. The Hall–Kier alpha value is -4.51. The molecule has 31 heavy (non-hydrogen) atoms. The van der Waals surface area contributed by atoms with Crippen molar-refractivity contribution in [3.8, 4) is 23.3 Å². The van der Waals surface area contributed by atoms with Crippen molar-refractivity contribution in [3.63, 3.8) is 0 Å². The molecule has 0 aliphatic heterocycles. The number of hydrogen-bond acceptors (Lipinski definition) is 5. The molecular formula is C23H20N4O4. The zero-order valence-corrected chi connectivity index (χ0v) is 16.7. The second-order valence-corrected chi connectivity index (χ2v) is 6.24. The van der Waals surface area contributed by atoms with Gasteiger partial charge in [-0.1, -0.05) is 18.2 Å². The first-order valence-electron chi connectivity index (χ1n) is 9.31. The van der Waals surface area contributed by atoms with Crippen LogP contribution in [0.15, 0.2) is 73.1 Å². The zero-order valence-electron chi connectivity index (χ0n) is 16.7. The molecule has 0 spiro atoms. The Morgan fingerprint density at radius 1 is 1.06 bits per heavy atom. The zero-order chi connectivity index (χ0) is 22.1. The number of carbonyl (C=O) groups excluding carboxylic acids is 2. The highest BCUT2D eigenvalue weighted by atomic mass is 16.5. The lowest BCUT2D eigenvalue weighted by Gasteiger charge is -2.11. The van der Waals surface area contributed by atoms with Crippen molar-refractivity contribution in [2.24, 2.45) is 0 Å². The molecule has 1 heterocycles. The lowest BCUT2D eigenvalue weighted by atomic mass is 10.1. The number of hydrazine groups is 1. The average Bonchev–Trinajstić information content (AvgIpc) is 3.35. The molecule has 2 aromatic carbocycles. The Bertz CT molecular complexity index is 1130. The Morgan fingerprint density at radius 2 is 1.84 bits per heavy atom. The first-order valence-corrected chi connectivity index (χ1v) is 9.31. The average molecular weight is 416 g/mol. The Morgan fingerprint density at radius 3 is 2.58 bits per heavy atom. The summed E-state index contributed by atoms with van der Waals surface area (Å²) in [6.07, 6.45) is 6.51. The number of methoxy groups -OCH3 is 1. The van der Waals surface area contributed by atoms with Gasteiger partial charge >= 0.3 is 0 Å². The normalized spacial score (nSPS) is 10.3. The maximum atomic E-state index is 12.5. The fraction of sp³-hybridized carbons (Fsp3) is 0.0870. The quantitative estimate of drug-likeness (QED) is 0.455. The summed E-state index contributed by atoms with van der Waals surface area (Å²) in [7, 11) is 1.48. The molecule has 0 atom stereocenters. The molecule has 0 saturated heterocycles. The number of nitriles is 1. The number of hydrogen-bond donors (Lipinski definition) is 2. The van der Waals surface area contributed by atoms with Crippen molar-refractivity contribution in [1.82, 2.24) is 15.4 Å². The molecule has 0 saturated carbocycles. The minimum Gasteiger partial charge on any atom is -0.493 e. The summed E-state index contributed by atoms with van der Waals surface area (Å²) in [5, 5.41) is 8.61. The third-order valence-electron chi connectivity index (χ3n) is 4.24. The Balaban J connectivity index is 1.61. The van der Waals surface area contributed by atoms with Crippen molar-refractivity contribution in [1.29, 1.82) is 5.26 Å².